The average Bonchev–Trinajstić information content (AvgIpc) is 2.95. The largest absolute Gasteiger partial charge is 0.455 e. The van der Waals surface area contributed by atoms with Gasteiger partial charge in [-0.3, -0.25) is 0 Å². The molecule has 0 bridgehead atoms. The van der Waals surface area contributed by atoms with Crippen LogP contribution < -0.4 is 0 Å². The number of furan rings is 1. The van der Waals surface area contributed by atoms with Crippen LogP contribution >= 0.6 is 0 Å². The summed E-state index contributed by atoms with van der Waals surface area (Å²) in [6.45, 7) is -7.61. The lowest BCUT2D eigenvalue weighted by atomic mass is 9.82. The molecule has 0 spiro atoms. The molecule has 0 amide bonds. The van der Waals surface area contributed by atoms with Crippen LogP contribution in [0.15, 0.2) is 162 Å². The molecule has 0 fully saturated rings. The van der Waals surface area contributed by atoms with Gasteiger partial charge in [0, 0.05) is 30.0 Å². The molecule has 0 N–H and O–H groups in total. The summed E-state index contributed by atoms with van der Waals surface area (Å²) in [5.74, 6) is 0. The molecule has 0 aliphatic heterocycles. The summed E-state index contributed by atoms with van der Waals surface area (Å²) >= 11 is 0. The van der Waals surface area contributed by atoms with E-state index in [0.717, 1.165) is 0 Å². The second-order valence-electron chi connectivity index (χ2n) is 10.8. The van der Waals surface area contributed by atoms with Gasteiger partial charge in [-0.15, -0.1) is 0 Å². The highest BCUT2D eigenvalue weighted by atomic mass is 16.3. The third kappa shape index (κ3) is 3.79. The molecule has 9 aromatic rings. The topological polar surface area (TPSA) is 13.1 Å². The monoisotopic (exact) mass is 644 g/mol. The molecular formula is C47H32O. The first-order chi connectivity index (χ1) is 36.9. The van der Waals surface area contributed by atoms with E-state index in [2.05, 4.69) is 0 Å². The van der Waals surface area contributed by atoms with E-state index in [-0.39, 0.29) is 0 Å². The molecule has 0 atom stereocenters. The van der Waals surface area contributed by atoms with Crippen molar-refractivity contribution >= 4 is 43.5 Å². The lowest BCUT2D eigenvalue weighted by Crippen LogP contribution is -2.14. The molecule has 48 heavy (non-hydrogen) atoms. The van der Waals surface area contributed by atoms with Crippen LogP contribution in [0.2, 0.25) is 0 Å². The molecule has 0 unspecified atom stereocenters. The molecule has 1 heterocycles. The highest BCUT2D eigenvalue weighted by Gasteiger charge is 2.35. The van der Waals surface area contributed by atoms with Crippen LogP contribution in [0, 0.1) is 0 Å². The van der Waals surface area contributed by atoms with Crippen LogP contribution in [-0.4, -0.2) is 0 Å². The molecule has 8 aromatic carbocycles. The fourth-order valence-electron chi connectivity index (χ4n) is 6.12. The highest BCUT2D eigenvalue weighted by Crippen LogP contribution is 2.50. The number of hydrogen-bond acceptors (Lipinski definition) is 1. The van der Waals surface area contributed by atoms with E-state index in [1.165, 1.54) is 0 Å². The minimum atomic E-state index is -3.80. The van der Waals surface area contributed by atoms with Crippen LogP contribution in [0.1, 0.15) is 68.7 Å². The number of fused-ring (bicyclic) bond motifs is 8. The molecule has 10 rings (SSSR count). The molecule has 0 saturated heterocycles. The summed E-state index contributed by atoms with van der Waals surface area (Å²) in [6.07, 6.45) is 0. The third-order valence-electron chi connectivity index (χ3n) is 8.19. The van der Waals surface area contributed by atoms with Gasteiger partial charge in [0.05, 0.1) is 35.6 Å². The van der Waals surface area contributed by atoms with Crippen molar-refractivity contribution in [3.8, 4) is 44.5 Å². The Morgan fingerprint density at radius 1 is 0.438 bits per heavy atom. The second kappa shape index (κ2) is 10.0. The number of hydrogen-bond donors (Lipinski definition) is 0. The van der Waals surface area contributed by atoms with Crippen LogP contribution in [0.5, 0.6) is 0 Å². The van der Waals surface area contributed by atoms with Crippen molar-refractivity contribution in [3.63, 3.8) is 0 Å². The van der Waals surface area contributed by atoms with Gasteiger partial charge in [-0.1, -0.05) is 153 Å². The minimum Gasteiger partial charge on any atom is -0.455 e. The van der Waals surface area contributed by atoms with E-state index in [9.17, 15) is 15.1 Å². The zero-order valence-corrected chi connectivity index (χ0v) is 23.9. The predicted molar refractivity (Wildman–Crippen MR) is 203 cm³/mol. The van der Waals surface area contributed by atoms with Gasteiger partial charge in [-0.2, -0.15) is 0 Å². The van der Waals surface area contributed by atoms with Gasteiger partial charge < -0.3 is 4.42 Å². The zero-order chi connectivity index (χ0) is 59.6. The summed E-state index contributed by atoms with van der Waals surface area (Å²) in [7, 11) is 0. The molecule has 1 aliphatic carbocycles. The van der Waals surface area contributed by atoms with E-state index >= 15 is 0 Å². The Balaban J connectivity index is 1.43. The summed E-state index contributed by atoms with van der Waals surface area (Å²) in [5, 5.41) is -4.30. The lowest BCUT2D eigenvalue weighted by Gasteiger charge is -2.21. The molecule has 0 radical (unpaired) electrons. The SMILES string of the molecule is [2H]c1c([2H])c([2H])c(-c2c3c([2H])c([2H])c([2H])c([2H])c3c(-c3c([2H])c([2H])c4c(oc5c(-c6c([2H])c([2H])c7c(c6[2H])-c6c([2H])c([2H])c([2H])c([2H])c6C7(C([2H])([2H])[2H])C([2H])([2H])[2H])c([2H])c([2H])c([2H])c54)c3[2H])c3c([2H])c([2H])c([2H])c([2H])c23)c([2H])c1[2H]. The lowest BCUT2D eigenvalue weighted by molar-refractivity contribution is 0.660. The van der Waals surface area contributed by atoms with Crippen LogP contribution in [-0.2, 0) is 5.41 Å². The molecular weight excluding hydrogens is 581 g/mol. The Morgan fingerprint density at radius 2 is 1.02 bits per heavy atom. The predicted octanol–water partition coefficient (Wildman–Crippen LogP) is 13.2. The number of para-hydroxylation sites is 1. The zero-order valence-electron chi connectivity index (χ0n) is 55.9. The summed E-state index contributed by atoms with van der Waals surface area (Å²) < 4.78 is 293. The molecule has 0 saturated carbocycles. The first-order valence-corrected chi connectivity index (χ1v) is 14.2. The van der Waals surface area contributed by atoms with Crippen molar-refractivity contribution in [2.75, 3.05) is 0 Å². The van der Waals surface area contributed by atoms with E-state index in [1.807, 2.05) is 0 Å². The smallest absolute Gasteiger partial charge is 0.143 e. The molecule has 1 aliphatic rings. The van der Waals surface area contributed by atoms with Gasteiger partial charge >= 0.3 is 0 Å². The standard InChI is InChI=1S/C47H32O/c1-47(2)41-22-11-10-15-33(41)40-27-30(24-26-42(40)47)32-20-12-21-39-34-25-23-31(28-43(34)48-46(32)39)45-37-18-8-6-16-35(37)44(29-13-4-3-5-14-29)36-17-7-9-19-38(36)45/h3-28H,1-2H3/i1D3,2D3,3D,4D,5D,6D,7D,8D,9D,10D,11D,12D,13D,14D,15D,16D,17D,18D,19D,20D,21D,22D,23D,24D,25D,26D,27D,28D. The summed E-state index contributed by atoms with van der Waals surface area (Å²) in [6, 6.07) is -26.8. The van der Waals surface area contributed by atoms with E-state index in [1.54, 1.807) is 0 Å². The first kappa shape index (κ1) is 10.3. The van der Waals surface area contributed by atoms with E-state index < -0.39 is 275 Å². The van der Waals surface area contributed by atoms with Crippen LogP contribution in [0.3, 0.4) is 0 Å². The first-order valence-electron chi connectivity index (χ1n) is 30.2. The van der Waals surface area contributed by atoms with Gasteiger partial charge in [-0.25, -0.2) is 0 Å². The second-order valence-corrected chi connectivity index (χ2v) is 10.8. The third-order valence-corrected chi connectivity index (χ3v) is 8.19. The van der Waals surface area contributed by atoms with Gasteiger partial charge in [0.1, 0.15) is 11.2 Å². The number of benzene rings is 8. The summed E-state index contributed by atoms with van der Waals surface area (Å²) in [4.78, 5) is 0. The van der Waals surface area contributed by atoms with Crippen molar-refractivity contribution in [2.24, 2.45) is 0 Å². The normalized spacial score (nSPS) is 23.3. The maximum Gasteiger partial charge on any atom is 0.143 e. The average molecular weight is 645 g/mol. The Morgan fingerprint density at radius 3 is 1.75 bits per heavy atom. The Kier molecular flexibility index (Phi) is 2.15. The number of rotatable bonds is 3. The van der Waals surface area contributed by atoms with Gasteiger partial charge in [-0.05, 0) is 89.7 Å². The molecule has 226 valence electrons. The van der Waals surface area contributed by atoms with Crippen molar-refractivity contribution < 1.29 is 48.3 Å². The van der Waals surface area contributed by atoms with Crippen molar-refractivity contribution in [1.29, 1.82) is 0 Å². The molecule has 1 heteroatoms. The van der Waals surface area contributed by atoms with Crippen molar-refractivity contribution in [3.05, 3.63) is 168 Å². The van der Waals surface area contributed by atoms with Gasteiger partial charge in [0.15, 0.2) is 0 Å². The Hall–Kier alpha value is -5.92. The Labute approximate surface area is 324 Å². The molecule has 1 nitrogen and oxygen atoms in total. The fourth-order valence-corrected chi connectivity index (χ4v) is 6.12. The van der Waals surface area contributed by atoms with Crippen molar-refractivity contribution in [1.82, 2.24) is 0 Å². The van der Waals surface area contributed by atoms with Crippen LogP contribution in [0.25, 0.3) is 88.0 Å². The molecule has 1 aromatic heterocycles. The quantitative estimate of drug-likeness (QED) is 0.174. The fraction of sp³-hybridized carbons (Fsp3) is 0.0638. The Bertz CT molecular complexity index is 4330. The maximum atomic E-state index is 9.85. The van der Waals surface area contributed by atoms with E-state index in [0.29, 0.717) is 0 Å². The minimum absolute atomic E-state index is 0.666. The highest BCUT2D eigenvalue weighted by molar-refractivity contribution is 6.22. The van der Waals surface area contributed by atoms with Crippen LogP contribution in [0.4, 0.5) is 0 Å². The van der Waals surface area contributed by atoms with E-state index in [4.69, 9.17) is 33.2 Å². The summed E-state index contributed by atoms with van der Waals surface area (Å²) in [5.41, 5.74) is -14.0. The maximum absolute atomic E-state index is 9.85. The van der Waals surface area contributed by atoms with Gasteiger partial charge in [0.2, 0.25) is 0 Å². The van der Waals surface area contributed by atoms with Crippen molar-refractivity contribution in [2.45, 2.75) is 19.1 Å². The van der Waals surface area contributed by atoms with Gasteiger partial charge in [0.25, 0.3) is 0 Å².